The Labute approximate surface area is 170 Å². The van der Waals surface area contributed by atoms with Gasteiger partial charge in [0.15, 0.2) is 0 Å². The fraction of sp³-hybridized carbons (Fsp3) is 0.500. The molecular weight excluding hydrogens is 376 g/mol. The quantitative estimate of drug-likeness (QED) is 0.325. The summed E-state index contributed by atoms with van der Waals surface area (Å²) in [5, 5.41) is 9.75. The van der Waals surface area contributed by atoms with E-state index < -0.39 is 36.0 Å². The van der Waals surface area contributed by atoms with E-state index in [9.17, 15) is 19.5 Å². The molecule has 1 aliphatic heterocycles. The number of allylic oxidation sites excluding steroid dienone is 2. The summed E-state index contributed by atoms with van der Waals surface area (Å²) < 4.78 is 16.3. The Morgan fingerprint density at radius 1 is 1.34 bits per heavy atom. The van der Waals surface area contributed by atoms with Crippen LogP contribution in [0.1, 0.15) is 40.0 Å². The number of esters is 3. The van der Waals surface area contributed by atoms with Gasteiger partial charge in [0.1, 0.15) is 18.8 Å². The highest BCUT2D eigenvalue weighted by Gasteiger charge is 2.45. The van der Waals surface area contributed by atoms with Crippen LogP contribution < -0.4 is 0 Å². The van der Waals surface area contributed by atoms with Gasteiger partial charge in [0.05, 0.1) is 12.5 Å². The second-order valence-corrected chi connectivity index (χ2v) is 7.20. The Morgan fingerprint density at radius 3 is 2.69 bits per heavy atom. The molecule has 0 aromatic heterocycles. The molecule has 3 atom stereocenters. The molecule has 1 aliphatic carbocycles. The molecule has 0 aromatic carbocycles. The molecule has 1 fully saturated rings. The average Bonchev–Trinajstić information content (AvgIpc) is 2.96. The van der Waals surface area contributed by atoms with Crippen LogP contribution in [0.4, 0.5) is 0 Å². The Hall–Kier alpha value is -2.67. The number of carbonyl (C=O) groups excluding carboxylic acids is 3. The summed E-state index contributed by atoms with van der Waals surface area (Å²) in [5.74, 6) is -2.06. The van der Waals surface area contributed by atoms with Crippen LogP contribution in [0.3, 0.4) is 0 Å². The Kier molecular flexibility index (Phi) is 7.96. The molecule has 0 spiro atoms. The van der Waals surface area contributed by atoms with Crippen LogP contribution in [0.15, 0.2) is 47.1 Å². The number of rotatable bonds is 5. The maximum Gasteiger partial charge on any atom is 0.334 e. The monoisotopic (exact) mass is 404 g/mol. The van der Waals surface area contributed by atoms with E-state index in [0.29, 0.717) is 30.4 Å². The van der Waals surface area contributed by atoms with Crippen LogP contribution >= 0.6 is 0 Å². The molecule has 2 aliphatic rings. The molecule has 29 heavy (non-hydrogen) atoms. The van der Waals surface area contributed by atoms with Gasteiger partial charge < -0.3 is 19.3 Å². The predicted octanol–water partition coefficient (Wildman–Crippen LogP) is 2.55. The molecule has 0 amide bonds. The number of hydrogen-bond acceptors (Lipinski definition) is 7. The largest absolute Gasteiger partial charge is 0.461 e. The van der Waals surface area contributed by atoms with E-state index in [2.05, 4.69) is 6.58 Å². The standard InChI is InChI=1S/C22H28O7/c1-5-13(2)21(25)28-18-9-16(11-23)7-6-8-17(12-27-15(4)24)10-19-20(18)14(3)22(26)29-19/h5,8-9,18-20,23H,3,6-7,10-12H2,1-2,4H3. The molecule has 0 bridgehead atoms. The normalized spacial score (nSPS) is 25.4. The van der Waals surface area contributed by atoms with Crippen molar-refractivity contribution < 1.29 is 33.7 Å². The Balaban J connectivity index is 2.40. The van der Waals surface area contributed by atoms with Crippen molar-refractivity contribution in [2.75, 3.05) is 13.2 Å². The van der Waals surface area contributed by atoms with Gasteiger partial charge in [-0.2, -0.15) is 0 Å². The smallest absolute Gasteiger partial charge is 0.334 e. The van der Waals surface area contributed by atoms with Crippen molar-refractivity contribution in [1.29, 1.82) is 0 Å². The number of hydrogen-bond donors (Lipinski definition) is 1. The second-order valence-electron chi connectivity index (χ2n) is 7.20. The molecule has 0 saturated carbocycles. The zero-order valence-electron chi connectivity index (χ0n) is 17.1. The number of carbonyl (C=O) groups is 3. The summed E-state index contributed by atoms with van der Waals surface area (Å²) in [4.78, 5) is 35.8. The van der Waals surface area contributed by atoms with Gasteiger partial charge in [-0.25, -0.2) is 9.59 Å². The van der Waals surface area contributed by atoms with E-state index >= 15 is 0 Å². The van der Waals surface area contributed by atoms with Crippen molar-refractivity contribution in [2.24, 2.45) is 5.92 Å². The zero-order valence-corrected chi connectivity index (χ0v) is 17.1. The molecule has 158 valence electrons. The summed E-state index contributed by atoms with van der Waals surface area (Å²) in [6.07, 6.45) is 5.31. The van der Waals surface area contributed by atoms with Crippen LogP contribution in [0, 0.1) is 5.92 Å². The van der Waals surface area contributed by atoms with Crippen molar-refractivity contribution in [1.82, 2.24) is 0 Å². The molecular formula is C22H28O7. The number of aliphatic hydroxyl groups is 1. The minimum atomic E-state index is -0.809. The fourth-order valence-corrected chi connectivity index (χ4v) is 3.33. The van der Waals surface area contributed by atoms with Crippen molar-refractivity contribution in [3.8, 4) is 0 Å². The van der Waals surface area contributed by atoms with E-state index in [1.165, 1.54) is 6.92 Å². The maximum atomic E-state index is 12.4. The van der Waals surface area contributed by atoms with Gasteiger partial charge in [0.2, 0.25) is 0 Å². The molecule has 7 nitrogen and oxygen atoms in total. The van der Waals surface area contributed by atoms with E-state index in [1.807, 2.05) is 6.08 Å². The summed E-state index contributed by atoms with van der Waals surface area (Å²) in [7, 11) is 0. The molecule has 0 aromatic rings. The van der Waals surface area contributed by atoms with Crippen molar-refractivity contribution in [3.05, 3.63) is 47.1 Å². The third-order valence-corrected chi connectivity index (χ3v) is 5.10. The average molecular weight is 404 g/mol. The lowest BCUT2D eigenvalue weighted by molar-refractivity contribution is -0.146. The van der Waals surface area contributed by atoms with Gasteiger partial charge in [-0.3, -0.25) is 4.79 Å². The first-order valence-electron chi connectivity index (χ1n) is 9.62. The molecule has 1 heterocycles. The van der Waals surface area contributed by atoms with Crippen LogP contribution in [0.25, 0.3) is 0 Å². The minimum Gasteiger partial charge on any atom is -0.461 e. The second kappa shape index (κ2) is 10.2. The Bertz CT molecular complexity index is 772. The third kappa shape index (κ3) is 5.90. The summed E-state index contributed by atoms with van der Waals surface area (Å²) in [5.41, 5.74) is 2.12. The van der Waals surface area contributed by atoms with Gasteiger partial charge in [0, 0.05) is 24.5 Å². The predicted molar refractivity (Wildman–Crippen MR) is 106 cm³/mol. The minimum absolute atomic E-state index is 0.0862. The van der Waals surface area contributed by atoms with E-state index in [1.54, 1.807) is 26.0 Å². The van der Waals surface area contributed by atoms with Gasteiger partial charge in [-0.05, 0) is 43.9 Å². The number of aliphatic hydroxyl groups excluding tert-OH is 1. The highest BCUT2D eigenvalue weighted by Crippen LogP contribution is 2.36. The number of ether oxygens (including phenoxy) is 3. The number of fused-ring (bicyclic) bond motifs is 1. The van der Waals surface area contributed by atoms with Gasteiger partial charge in [-0.1, -0.05) is 18.7 Å². The van der Waals surface area contributed by atoms with Crippen LogP contribution in [0.5, 0.6) is 0 Å². The highest BCUT2D eigenvalue weighted by atomic mass is 16.6. The molecule has 1 saturated heterocycles. The van der Waals surface area contributed by atoms with Gasteiger partial charge in [-0.15, -0.1) is 0 Å². The van der Waals surface area contributed by atoms with Gasteiger partial charge >= 0.3 is 17.9 Å². The summed E-state index contributed by atoms with van der Waals surface area (Å²) in [6.45, 7) is 8.42. The maximum absolute atomic E-state index is 12.4. The first-order chi connectivity index (χ1) is 13.8. The lowest BCUT2D eigenvalue weighted by Crippen LogP contribution is -2.33. The zero-order chi connectivity index (χ0) is 21.6. The lowest BCUT2D eigenvalue weighted by Gasteiger charge is -2.27. The van der Waals surface area contributed by atoms with E-state index in [4.69, 9.17) is 14.2 Å². The molecule has 2 rings (SSSR count). The van der Waals surface area contributed by atoms with Crippen LogP contribution in [-0.4, -0.2) is 48.4 Å². The Morgan fingerprint density at radius 2 is 2.07 bits per heavy atom. The molecule has 7 heteroatoms. The third-order valence-electron chi connectivity index (χ3n) is 5.10. The first-order valence-corrected chi connectivity index (χ1v) is 9.62. The van der Waals surface area contributed by atoms with E-state index in [0.717, 1.165) is 5.57 Å². The van der Waals surface area contributed by atoms with Crippen LogP contribution in [0.2, 0.25) is 0 Å². The topological polar surface area (TPSA) is 99.1 Å². The summed E-state index contributed by atoms with van der Waals surface area (Å²) >= 11 is 0. The van der Waals surface area contributed by atoms with E-state index in [-0.39, 0.29) is 18.8 Å². The molecule has 0 radical (unpaired) electrons. The molecule has 3 unspecified atom stereocenters. The first kappa shape index (κ1) is 22.6. The van der Waals surface area contributed by atoms with Crippen molar-refractivity contribution >= 4 is 17.9 Å². The SMILES string of the molecule is C=C1C(=O)OC2CC(COC(C)=O)=CCCC(CO)=CC(OC(=O)C(C)=CC)C12. The fourth-order valence-electron chi connectivity index (χ4n) is 3.33. The highest BCUT2D eigenvalue weighted by molar-refractivity contribution is 5.91. The van der Waals surface area contributed by atoms with Crippen molar-refractivity contribution in [3.63, 3.8) is 0 Å². The summed E-state index contributed by atoms with van der Waals surface area (Å²) in [6, 6.07) is 0. The van der Waals surface area contributed by atoms with Gasteiger partial charge in [0.25, 0.3) is 0 Å². The lowest BCUT2D eigenvalue weighted by atomic mass is 9.85. The molecule has 1 N–H and O–H groups in total. The van der Waals surface area contributed by atoms with Crippen molar-refractivity contribution in [2.45, 2.75) is 52.2 Å². The van der Waals surface area contributed by atoms with Crippen LogP contribution in [-0.2, 0) is 28.6 Å².